The molecule has 1 atom stereocenters. The summed E-state index contributed by atoms with van der Waals surface area (Å²) in [5.41, 5.74) is 4.17. The predicted octanol–water partition coefficient (Wildman–Crippen LogP) is 3.80. The van der Waals surface area contributed by atoms with Crippen LogP contribution in [0, 0.1) is 0 Å². The highest BCUT2D eigenvalue weighted by atomic mass is 16.5. The number of nitrogens with one attached hydrogen (secondary N) is 3. The molecule has 2 aliphatic heterocycles. The highest BCUT2D eigenvalue weighted by molar-refractivity contribution is 5.98. The molecule has 0 aliphatic carbocycles. The maximum absolute atomic E-state index is 12.6. The van der Waals surface area contributed by atoms with Crippen LogP contribution in [-0.4, -0.2) is 54.3 Å². The molecule has 2 aromatic carbocycles. The zero-order valence-corrected chi connectivity index (χ0v) is 19.4. The average Bonchev–Trinajstić information content (AvgIpc) is 3.33. The Bertz CT molecular complexity index is 1120. The molecule has 3 aromatic rings. The third-order valence-electron chi connectivity index (χ3n) is 6.46. The molecule has 8 nitrogen and oxygen atoms in total. The van der Waals surface area contributed by atoms with Gasteiger partial charge in [0, 0.05) is 41.9 Å². The van der Waals surface area contributed by atoms with Crippen LogP contribution in [0.4, 0.5) is 23.0 Å². The molecule has 8 heteroatoms. The Morgan fingerprint density at radius 2 is 1.76 bits per heavy atom. The van der Waals surface area contributed by atoms with Gasteiger partial charge in [0.15, 0.2) is 0 Å². The molecule has 2 fully saturated rings. The lowest BCUT2D eigenvalue weighted by Crippen LogP contribution is -2.47. The van der Waals surface area contributed by atoms with Crippen molar-refractivity contribution in [3.8, 4) is 11.3 Å². The fourth-order valence-electron chi connectivity index (χ4n) is 4.37. The highest BCUT2D eigenvalue weighted by Crippen LogP contribution is 2.25. The van der Waals surface area contributed by atoms with E-state index in [2.05, 4.69) is 43.0 Å². The van der Waals surface area contributed by atoms with Crippen molar-refractivity contribution < 1.29 is 9.53 Å². The Balaban J connectivity index is 1.23. The molecular weight excluding hydrogens is 428 g/mol. The number of morpholine rings is 1. The van der Waals surface area contributed by atoms with E-state index in [0.29, 0.717) is 5.95 Å². The topological polar surface area (TPSA) is 91.4 Å². The van der Waals surface area contributed by atoms with Gasteiger partial charge in [-0.3, -0.25) is 4.79 Å². The van der Waals surface area contributed by atoms with Gasteiger partial charge in [0.05, 0.1) is 24.4 Å². The van der Waals surface area contributed by atoms with E-state index >= 15 is 0 Å². The summed E-state index contributed by atoms with van der Waals surface area (Å²) in [6, 6.07) is 17.9. The van der Waals surface area contributed by atoms with Crippen molar-refractivity contribution in [2.24, 2.45) is 0 Å². The number of carbonyl (C=O) groups excluding carboxylic acids is 1. The Morgan fingerprint density at radius 3 is 2.47 bits per heavy atom. The molecule has 0 unspecified atom stereocenters. The van der Waals surface area contributed by atoms with Gasteiger partial charge in [-0.25, -0.2) is 9.97 Å². The van der Waals surface area contributed by atoms with E-state index in [-0.39, 0.29) is 5.91 Å². The number of hydrogen-bond donors (Lipinski definition) is 3. The van der Waals surface area contributed by atoms with Gasteiger partial charge in [-0.05, 0) is 68.8 Å². The fraction of sp³-hybridized carbons (Fsp3) is 0.346. The van der Waals surface area contributed by atoms with E-state index in [4.69, 9.17) is 4.74 Å². The van der Waals surface area contributed by atoms with Gasteiger partial charge in [-0.1, -0.05) is 12.1 Å². The van der Waals surface area contributed by atoms with Crippen LogP contribution in [0.3, 0.4) is 0 Å². The maximum atomic E-state index is 12.6. The van der Waals surface area contributed by atoms with Crippen LogP contribution in [0.5, 0.6) is 0 Å². The molecule has 1 aromatic heterocycles. The van der Waals surface area contributed by atoms with Crippen molar-refractivity contribution in [1.82, 2.24) is 15.3 Å². The second kappa shape index (κ2) is 9.79. The van der Waals surface area contributed by atoms with Crippen LogP contribution in [0.15, 0.2) is 60.8 Å². The van der Waals surface area contributed by atoms with Crippen LogP contribution < -0.4 is 20.9 Å². The second-order valence-corrected chi connectivity index (χ2v) is 8.93. The number of carbonyl (C=O) groups is 1. The number of amides is 1. The summed E-state index contributed by atoms with van der Waals surface area (Å²) in [4.78, 5) is 24.0. The van der Waals surface area contributed by atoms with Gasteiger partial charge >= 0.3 is 0 Å². The number of benzene rings is 2. The van der Waals surface area contributed by atoms with Crippen molar-refractivity contribution in [3.05, 3.63) is 60.8 Å². The molecular formula is C26H30N6O2. The largest absolute Gasteiger partial charge is 0.378 e. The lowest BCUT2D eigenvalue weighted by atomic mass is 9.99. The van der Waals surface area contributed by atoms with E-state index in [1.54, 1.807) is 6.20 Å². The monoisotopic (exact) mass is 458 g/mol. The highest BCUT2D eigenvalue weighted by Gasteiger charge is 2.35. The molecule has 0 spiro atoms. The molecule has 0 saturated carbocycles. The molecule has 176 valence electrons. The predicted molar refractivity (Wildman–Crippen MR) is 134 cm³/mol. The minimum Gasteiger partial charge on any atom is -0.378 e. The van der Waals surface area contributed by atoms with Crippen molar-refractivity contribution in [2.75, 3.05) is 48.4 Å². The Kier molecular flexibility index (Phi) is 6.42. The van der Waals surface area contributed by atoms with Gasteiger partial charge < -0.3 is 25.6 Å². The summed E-state index contributed by atoms with van der Waals surface area (Å²) in [6.45, 7) is 6.20. The number of anilines is 4. The minimum atomic E-state index is -0.494. The number of ether oxygens (including phenoxy) is 1. The zero-order chi connectivity index (χ0) is 23.4. The Labute approximate surface area is 199 Å². The van der Waals surface area contributed by atoms with E-state index < -0.39 is 5.54 Å². The maximum Gasteiger partial charge on any atom is 0.244 e. The molecule has 34 heavy (non-hydrogen) atoms. The summed E-state index contributed by atoms with van der Waals surface area (Å²) in [5.74, 6) is 0.542. The van der Waals surface area contributed by atoms with Gasteiger partial charge in [0.2, 0.25) is 11.9 Å². The summed E-state index contributed by atoms with van der Waals surface area (Å²) < 4.78 is 5.43. The fourth-order valence-corrected chi connectivity index (χ4v) is 4.37. The first-order chi connectivity index (χ1) is 16.6. The normalized spacial score (nSPS) is 20.2. The summed E-state index contributed by atoms with van der Waals surface area (Å²) in [6.07, 6.45) is 3.61. The Hall–Kier alpha value is -3.49. The Morgan fingerprint density at radius 1 is 1.03 bits per heavy atom. The third-order valence-corrected chi connectivity index (χ3v) is 6.46. The quantitative estimate of drug-likeness (QED) is 0.517. The van der Waals surface area contributed by atoms with E-state index in [1.807, 2.05) is 49.4 Å². The molecule has 2 saturated heterocycles. The van der Waals surface area contributed by atoms with Crippen LogP contribution in [0.1, 0.15) is 19.8 Å². The molecule has 1 amide bonds. The molecule has 2 aliphatic rings. The molecule has 0 bridgehead atoms. The van der Waals surface area contributed by atoms with E-state index in [1.165, 1.54) is 5.69 Å². The van der Waals surface area contributed by atoms with Crippen LogP contribution in [-0.2, 0) is 9.53 Å². The van der Waals surface area contributed by atoms with Crippen LogP contribution >= 0.6 is 0 Å². The molecule has 3 heterocycles. The first-order valence-electron chi connectivity index (χ1n) is 11.8. The standard InChI is InChI=1S/C26H30N6O2/c1-26(12-2-13-28-26)24(33)29-20-5-3-19(4-6-20)23-11-14-27-25(31-23)30-21-7-9-22(10-8-21)32-15-17-34-18-16-32/h3-11,14,28H,2,12-13,15-18H2,1H3,(H,29,33)(H,27,30,31)/t26-/m0/s1. The van der Waals surface area contributed by atoms with E-state index in [9.17, 15) is 4.79 Å². The number of hydrogen-bond acceptors (Lipinski definition) is 7. The van der Waals surface area contributed by atoms with Gasteiger partial charge in [-0.15, -0.1) is 0 Å². The lowest BCUT2D eigenvalue weighted by Gasteiger charge is -2.28. The lowest BCUT2D eigenvalue weighted by molar-refractivity contribution is -0.121. The molecule has 5 rings (SSSR count). The SMILES string of the molecule is C[C@@]1(C(=O)Nc2ccc(-c3ccnc(Nc4ccc(N5CCOCC5)cc4)n3)cc2)CCCN1. The molecule has 3 N–H and O–H groups in total. The summed E-state index contributed by atoms with van der Waals surface area (Å²) >= 11 is 0. The minimum absolute atomic E-state index is 0.00547. The van der Waals surface area contributed by atoms with Crippen molar-refractivity contribution in [1.29, 1.82) is 0 Å². The van der Waals surface area contributed by atoms with Crippen molar-refractivity contribution in [2.45, 2.75) is 25.3 Å². The summed E-state index contributed by atoms with van der Waals surface area (Å²) in [7, 11) is 0. The number of nitrogens with zero attached hydrogens (tertiary/aromatic N) is 3. The van der Waals surface area contributed by atoms with Crippen LogP contribution in [0.2, 0.25) is 0 Å². The zero-order valence-electron chi connectivity index (χ0n) is 19.4. The first kappa shape index (κ1) is 22.3. The van der Waals surface area contributed by atoms with Crippen LogP contribution in [0.25, 0.3) is 11.3 Å². The first-order valence-corrected chi connectivity index (χ1v) is 11.8. The van der Waals surface area contributed by atoms with Crippen molar-refractivity contribution >= 4 is 28.9 Å². The van der Waals surface area contributed by atoms with Gasteiger partial charge in [0.1, 0.15) is 0 Å². The summed E-state index contributed by atoms with van der Waals surface area (Å²) in [5, 5.41) is 9.60. The van der Waals surface area contributed by atoms with Crippen molar-refractivity contribution in [3.63, 3.8) is 0 Å². The molecule has 0 radical (unpaired) electrons. The second-order valence-electron chi connectivity index (χ2n) is 8.93. The van der Waals surface area contributed by atoms with Gasteiger partial charge in [-0.2, -0.15) is 0 Å². The van der Waals surface area contributed by atoms with Gasteiger partial charge in [0.25, 0.3) is 0 Å². The number of rotatable bonds is 6. The average molecular weight is 459 g/mol. The smallest absolute Gasteiger partial charge is 0.244 e. The third kappa shape index (κ3) is 5.03. The van der Waals surface area contributed by atoms with E-state index in [0.717, 1.165) is 68.3 Å². The number of aromatic nitrogens is 2.